The van der Waals surface area contributed by atoms with Crippen LogP contribution < -0.4 is 9.86 Å². The molecule has 1 unspecified atom stereocenters. The molecule has 0 saturated carbocycles. The van der Waals surface area contributed by atoms with E-state index in [9.17, 15) is 16.8 Å². The highest BCUT2D eigenvalue weighted by atomic mass is 32.2. The largest absolute Gasteiger partial charge is 0.240 e. The number of nitrogens with one attached hydrogen (secondary N) is 1. The molecule has 6 nitrogen and oxygen atoms in total. The van der Waals surface area contributed by atoms with Gasteiger partial charge < -0.3 is 0 Å². The Kier molecular flexibility index (Phi) is 5.20. The first kappa shape index (κ1) is 17.6. The van der Waals surface area contributed by atoms with Gasteiger partial charge in [0.05, 0.1) is 9.79 Å². The van der Waals surface area contributed by atoms with Crippen LogP contribution >= 0.6 is 0 Å². The summed E-state index contributed by atoms with van der Waals surface area (Å²) in [6.45, 7) is 2.10. The van der Waals surface area contributed by atoms with Gasteiger partial charge in [-0.3, -0.25) is 0 Å². The fraction of sp³-hybridized carbons (Fsp3) is 0.200. The van der Waals surface area contributed by atoms with Gasteiger partial charge in [-0.25, -0.2) is 26.7 Å². The van der Waals surface area contributed by atoms with Crippen LogP contribution in [0.25, 0.3) is 0 Å². The smallest absolute Gasteiger partial charge is 0.225 e. The van der Waals surface area contributed by atoms with E-state index in [1.54, 1.807) is 0 Å². The van der Waals surface area contributed by atoms with Gasteiger partial charge in [0, 0.05) is 6.54 Å². The summed E-state index contributed by atoms with van der Waals surface area (Å²) < 4.78 is 49.7. The third-order valence-corrected chi connectivity index (χ3v) is 5.72. The van der Waals surface area contributed by atoms with Crippen LogP contribution in [0.15, 0.2) is 64.4 Å². The molecule has 0 fully saturated rings. The summed E-state index contributed by atoms with van der Waals surface area (Å²) in [7, 11) is -7.77. The van der Waals surface area contributed by atoms with Gasteiger partial charge in [-0.2, -0.15) is 0 Å². The second kappa shape index (κ2) is 6.79. The van der Waals surface area contributed by atoms with Gasteiger partial charge in [0.15, 0.2) is 0 Å². The Morgan fingerprint density at radius 1 is 0.957 bits per heavy atom. The molecule has 8 heteroatoms. The summed E-state index contributed by atoms with van der Waals surface area (Å²) in [6.07, 6.45) is 0. The molecule has 0 radical (unpaired) electrons. The lowest BCUT2D eigenvalue weighted by Crippen LogP contribution is -2.28. The minimum absolute atomic E-state index is 0.0209. The minimum Gasteiger partial charge on any atom is -0.225 e. The first-order valence-corrected chi connectivity index (χ1v) is 9.90. The molecular formula is C15H18N2O4S2. The number of nitrogens with two attached hydrogens (primary N) is 1. The predicted octanol–water partition coefficient (Wildman–Crippen LogP) is 1.42. The number of sulfonamides is 2. The van der Waals surface area contributed by atoms with Crippen molar-refractivity contribution < 1.29 is 16.8 Å². The van der Waals surface area contributed by atoms with Crippen molar-refractivity contribution in [3.05, 3.63) is 60.2 Å². The van der Waals surface area contributed by atoms with E-state index in [1.165, 1.54) is 18.2 Å². The molecule has 2 aromatic carbocycles. The van der Waals surface area contributed by atoms with E-state index in [0.29, 0.717) is 0 Å². The third kappa shape index (κ3) is 4.61. The highest BCUT2D eigenvalue weighted by molar-refractivity contribution is 7.90. The van der Waals surface area contributed by atoms with Gasteiger partial charge in [-0.05, 0) is 29.7 Å². The van der Waals surface area contributed by atoms with Gasteiger partial charge >= 0.3 is 0 Å². The normalized spacial score (nSPS) is 13.7. The number of rotatable bonds is 6. The molecule has 0 aliphatic carbocycles. The molecular weight excluding hydrogens is 336 g/mol. The van der Waals surface area contributed by atoms with E-state index >= 15 is 0 Å². The molecule has 23 heavy (non-hydrogen) atoms. The van der Waals surface area contributed by atoms with Crippen molar-refractivity contribution in [1.29, 1.82) is 0 Å². The predicted molar refractivity (Wildman–Crippen MR) is 87.9 cm³/mol. The molecule has 0 aliphatic heterocycles. The lowest BCUT2D eigenvalue weighted by Gasteiger charge is -2.13. The van der Waals surface area contributed by atoms with Gasteiger partial charge in [-0.1, -0.05) is 43.3 Å². The lowest BCUT2D eigenvalue weighted by molar-refractivity contribution is 0.574. The monoisotopic (exact) mass is 354 g/mol. The molecule has 0 saturated heterocycles. The number of hydrogen-bond acceptors (Lipinski definition) is 4. The Balaban J connectivity index is 2.17. The highest BCUT2D eigenvalue weighted by Gasteiger charge is 2.18. The van der Waals surface area contributed by atoms with E-state index in [4.69, 9.17) is 5.14 Å². The summed E-state index contributed by atoms with van der Waals surface area (Å²) in [5, 5.41) is 5.02. The summed E-state index contributed by atoms with van der Waals surface area (Å²) >= 11 is 0. The van der Waals surface area contributed by atoms with Gasteiger partial charge in [0.25, 0.3) is 0 Å². The Morgan fingerprint density at radius 3 is 2.17 bits per heavy atom. The zero-order valence-electron chi connectivity index (χ0n) is 12.5. The maximum Gasteiger partial charge on any atom is 0.240 e. The van der Waals surface area contributed by atoms with E-state index < -0.39 is 20.0 Å². The van der Waals surface area contributed by atoms with Crippen molar-refractivity contribution in [1.82, 2.24) is 4.72 Å². The topological polar surface area (TPSA) is 106 Å². The molecule has 0 bridgehead atoms. The average Bonchev–Trinajstić information content (AvgIpc) is 2.53. The van der Waals surface area contributed by atoms with Crippen LogP contribution in [-0.2, 0) is 20.0 Å². The molecule has 3 N–H and O–H groups in total. The molecule has 124 valence electrons. The number of benzene rings is 2. The SMILES string of the molecule is CC(CNS(=O)(=O)c1cccc(S(N)(=O)=O)c1)c1ccccc1. The molecule has 0 aromatic heterocycles. The van der Waals surface area contributed by atoms with Crippen molar-refractivity contribution >= 4 is 20.0 Å². The molecule has 2 rings (SSSR count). The zero-order valence-corrected chi connectivity index (χ0v) is 14.1. The molecule has 0 spiro atoms. The van der Waals surface area contributed by atoms with Crippen molar-refractivity contribution in [2.75, 3.05) is 6.54 Å². The molecule has 0 aliphatic rings. The quantitative estimate of drug-likeness (QED) is 0.818. The molecule has 2 aromatic rings. The fourth-order valence-corrected chi connectivity index (χ4v) is 3.85. The molecule has 1 atom stereocenters. The first-order valence-electron chi connectivity index (χ1n) is 6.87. The standard InChI is InChI=1S/C15H18N2O4S2/c1-12(13-6-3-2-4-7-13)11-17-23(20,21)15-9-5-8-14(10-15)22(16,18)19/h2-10,12,17H,11H2,1H3,(H2,16,18,19). The van der Waals surface area contributed by atoms with E-state index in [1.807, 2.05) is 37.3 Å². The van der Waals surface area contributed by atoms with Crippen LogP contribution in [0.2, 0.25) is 0 Å². The Bertz CT molecular complexity index is 879. The highest BCUT2D eigenvalue weighted by Crippen LogP contribution is 2.17. The molecule has 0 heterocycles. The van der Waals surface area contributed by atoms with E-state index in [2.05, 4.69) is 4.72 Å². The minimum atomic E-state index is -3.95. The number of hydrogen-bond donors (Lipinski definition) is 2. The van der Waals surface area contributed by atoms with Gasteiger partial charge in [0.1, 0.15) is 0 Å². The summed E-state index contributed by atoms with van der Waals surface area (Å²) in [5.41, 5.74) is 1.01. The Labute approximate surface area is 136 Å². The van der Waals surface area contributed by atoms with Crippen LogP contribution in [-0.4, -0.2) is 23.4 Å². The Hall–Kier alpha value is -1.74. The lowest BCUT2D eigenvalue weighted by atomic mass is 10.0. The second-order valence-electron chi connectivity index (χ2n) is 5.18. The third-order valence-electron chi connectivity index (χ3n) is 3.39. The van der Waals surface area contributed by atoms with Crippen LogP contribution in [0.4, 0.5) is 0 Å². The van der Waals surface area contributed by atoms with E-state index in [0.717, 1.165) is 11.6 Å². The van der Waals surface area contributed by atoms with Crippen molar-refractivity contribution in [2.24, 2.45) is 5.14 Å². The van der Waals surface area contributed by atoms with Crippen LogP contribution in [0, 0.1) is 0 Å². The van der Waals surface area contributed by atoms with Gasteiger partial charge in [-0.15, -0.1) is 0 Å². The average molecular weight is 354 g/mol. The molecule has 0 amide bonds. The van der Waals surface area contributed by atoms with Crippen molar-refractivity contribution in [3.63, 3.8) is 0 Å². The summed E-state index contributed by atoms with van der Waals surface area (Å²) in [4.78, 5) is -0.374. The van der Waals surface area contributed by atoms with Crippen LogP contribution in [0.1, 0.15) is 18.4 Å². The number of primary sulfonamides is 1. The summed E-state index contributed by atoms with van der Waals surface area (Å²) in [5.74, 6) is -0.0209. The zero-order chi connectivity index (χ0) is 17.1. The first-order chi connectivity index (χ1) is 10.7. The maximum atomic E-state index is 12.3. The van der Waals surface area contributed by atoms with Gasteiger partial charge in [0.2, 0.25) is 20.0 Å². The summed E-state index contributed by atoms with van der Waals surface area (Å²) in [6, 6.07) is 14.5. The van der Waals surface area contributed by atoms with Crippen molar-refractivity contribution in [2.45, 2.75) is 22.6 Å². The van der Waals surface area contributed by atoms with Crippen molar-refractivity contribution in [3.8, 4) is 0 Å². The van der Waals surface area contributed by atoms with Crippen LogP contribution in [0.5, 0.6) is 0 Å². The fourth-order valence-electron chi connectivity index (χ4n) is 2.04. The second-order valence-corrected chi connectivity index (χ2v) is 8.51. The van der Waals surface area contributed by atoms with Crippen LogP contribution in [0.3, 0.4) is 0 Å². The maximum absolute atomic E-state index is 12.3. The Morgan fingerprint density at radius 2 is 1.57 bits per heavy atom. The van der Waals surface area contributed by atoms with E-state index in [-0.39, 0.29) is 22.3 Å².